The quantitative estimate of drug-likeness (QED) is 0.515. The Balaban J connectivity index is 2.53. The highest BCUT2D eigenvalue weighted by atomic mass is 16.6. The smallest absolute Gasteiger partial charge is 0.342 e. The Morgan fingerprint density at radius 1 is 1.26 bits per heavy atom. The van der Waals surface area contributed by atoms with E-state index in [4.69, 9.17) is 10.8 Å². The Labute approximate surface area is 110 Å². The van der Waals surface area contributed by atoms with Crippen LogP contribution in [-0.2, 0) is 20.7 Å². The molecule has 2 atom stereocenters. The molecule has 0 amide bonds. The lowest BCUT2D eigenvalue weighted by molar-refractivity contribution is -0.166. The molecule has 6 nitrogen and oxygen atoms in total. The van der Waals surface area contributed by atoms with Crippen molar-refractivity contribution in [1.29, 1.82) is 0 Å². The maximum atomic E-state index is 11.5. The summed E-state index contributed by atoms with van der Waals surface area (Å²) in [5, 5.41) is 18.3. The molecule has 0 aliphatic rings. The zero-order chi connectivity index (χ0) is 14.4. The summed E-state index contributed by atoms with van der Waals surface area (Å²) in [6, 6.07) is 5.17. The van der Waals surface area contributed by atoms with Crippen LogP contribution in [0.25, 0.3) is 0 Å². The van der Waals surface area contributed by atoms with E-state index in [2.05, 4.69) is 4.74 Å². The van der Waals surface area contributed by atoms with Gasteiger partial charge >= 0.3 is 11.9 Å². The topological polar surface area (TPSA) is 110 Å². The Morgan fingerprint density at radius 2 is 1.84 bits per heavy atom. The number of aliphatic hydroxyl groups excluding tert-OH is 1. The molecule has 1 aromatic rings. The van der Waals surface area contributed by atoms with Gasteiger partial charge in [-0.25, -0.2) is 9.59 Å². The predicted octanol–water partition coefficient (Wildman–Crippen LogP) is 0.103. The van der Waals surface area contributed by atoms with Gasteiger partial charge in [-0.2, -0.15) is 0 Å². The third kappa shape index (κ3) is 4.69. The number of rotatable bonds is 5. The average molecular weight is 267 g/mol. The molecular weight excluding hydrogens is 250 g/mol. The van der Waals surface area contributed by atoms with Crippen LogP contribution >= 0.6 is 0 Å². The van der Waals surface area contributed by atoms with Gasteiger partial charge in [0.1, 0.15) is 11.8 Å². The Bertz CT molecular complexity index is 443. The van der Waals surface area contributed by atoms with E-state index in [-0.39, 0.29) is 18.6 Å². The standard InChI is InChI=1S/C13H17NO5/c1-2-11(16)13(18)19-12(17)10(14)7-8-3-5-9(15)6-4-8/h3-6,10-11,15-16H,2,7,14H2,1H3. The van der Waals surface area contributed by atoms with Gasteiger partial charge in [0, 0.05) is 0 Å². The lowest BCUT2D eigenvalue weighted by atomic mass is 10.1. The van der Waals surface area contributed by atoms with Gasteiger partial charge < -0.3 is 20.7 Å². The predicted molar refractivity (Wildman–Crippen MR) is 67.2 cm³/mol. The second-order valence-electron chi connectivity index (χ2n) is 4.14. The summed E-state index contributed by atoms with van der Waals surface area (Å²) in [7, 11) is 0. The Hall–Kier alpha value is -1.92. The third-order valence-electron chi connectivity index (χ3n) is 2.55. The average Bonchev–Trinajstić information content (AvgIpc) is 2.40. The van der Waals surface area contributed by atoms with Crippen LogP contribution in [0.15, 0.2) is 24.3 Å². The van der Waals surface area contributed by atoms with E-state index in [9.17, 15) is 14.7 Å². The molecule has 0 saturated heterocycles. The van der Waals surface area contributed by atoms with Crippen LogP contribution in [0.5, 0.6) is 5.75 Å². The minimum Gasteiger partial charge on any atom is -0.508 e. The molecule has 0 heterocycles. The van der Waals surface area contributed by atoms with Gasteiger partial charge in [-0.1, -0.05) is 19.1 Å². The maximum Gasteiger partial charge on any atom is 0.342 e. The first-order valence-electron chi connectivity index (χ1n) is 5.91. The fraction of sp³-hybridized carbons (Fsp3) is 0.385. The molecule has 0 bridgehead atoms. The van der Waals surface area contributed by atoms with Crippen LogP contribution in [0.1, 0.15) is 18.9 Å². The van der Waals surface area contributed by atoms with Gasteiger partial charge in [-0.05, 0) is 30.5 Å². The van der Waals surface area contributed by atoms with Crippen molar-refractivity contribution >= 4 is 11.9 Å². The SMILES string of the molecule is CCC(O)C(=O)OC(=O)C(N)Cc1ccc(O)cc1. The number of benzene rings is 1. The number of aromatic hydroxyl groups is 1. The number of phenolic OH excluding ortho intramolecular Hbond substituents is 1. The zero-order valence-electron chi connectivity index (χ0n) is 10.6. The van der Waals surface area contributed by atoms with Crippen molar-refractivity contribution in [3.05, 3.63) is 29.8 Å². The Morgan fingerprint density at radius 3 is 2.37 bits per heavy atom. The van der Waals surface area contributed by atoms with Gasteiger partial charge in [0.2, 0.25) is 0 Å². The number of nitrogens with two attached hydrogens (primary N) is 1. The minimum atomic E-state index is -1.31. The molecule has 0 spiro atoms. The lowest BCUT2D eigenvalue weighted by Crippen LogP contribution is -2.38. The second kappa shape index (κ2) is 6.86. The molecule has 2 unspecified atom stereocenters. The normalized spacial score (nSPS) is 13.6. The first kappa shape index (κ1) is 15.1. The van der Waals surface area contributed by atoms with Crippen molar-refractivity contribution in [3.8, 4) is 5.75 Å². The van der Waals surface area contributed by atoms with Gasteiger partial charge in [0.25, 0.3) is 0 Å². The summed E-state index contributed by atoms with van der Waals surface area (Å²) >= 11 is 0. The first-order valence-corrected chi connectivity index (χ1v) is 5.91. The molecule has 0 saturated carbocycles. The molecule has 0 aliphatic carbocycles. The van der Waals surface area contributed by atoms with E-state index >= 15 is 0 Å². The number of ether oxygens (including phenoxy) is 1. The van der Waals surface area contributed by atoms with Crippen LogP contribution in [-0.4, -0.2) is 34.3 Å². The summed E-state index contributed by atoms with van der Waals surface area (Å²) in [6.45, 7) is 1.59. The summed E-state index contributed by atoms with van der Waals surface area (Å²) in [5.74, 6) is -1.76. The van der Waals surface area contributed by atoms with Crippen molar-refractivity contribution in [1.82, 2.24) is 0 Å². The van der Waals surface area contributed by atoms with E-state index in [0.29, 0.717) is 0 Å². The van der Waals surface area contributed by atoms with Crippen molar-refractivity contribution in [2.75, 3.05) is 0 Å². The molecule has 1 rings (SSSR count). The van der Waals surface area contributed by atoms with Gasteiger partial charge in [0.05, 0.1) is 0 Å². The van der Waals surface area contributed by atoms with Crippen LogP contribution in [0.2, 0.25) is 0 Å². The number of hydrogen-bond acceptors (Lipinski definition) is 6. The number of carbonyl (C=O) groups excluding carboxylic acids is 2. The summed E-state index contributed by atoms with van der Waals surface area (Å²) in [6.07, 6.45) is -0.974. The van der Waals surface area contributed by atoms with Crippen LogP contribution in [0.4, 0.5) is 0 Å². The maximum absolute atomic E-state index is 11.5. The van der Waals surface area contributed by atoms with Gasteiger partial charge in [-0.15, -0.1) is 0 Å². The van der Waals surface area contributed by atoms with E-state index in [0.717, 1.165) is 5.56 Å². The largest absolute Gasteiger partial charge is 0.508 e. The summed E-state index contributed by atoms with van der Waals surface area (Å²) in [4.78, 5) is 22.7. The van der Waals surface area contributed by atoms with Crippen molar-refractivity contribution in [2.24, 2.45) is 5.73 Å². The van der Waals surface area contributed by atoms with Crippen LogP contribution in [0, 0.1) is 0 Å². The minimum absolute atomic E-state index is 0.112. The monoisotopic (exact) mass is 267 g/mol. The molecule has 1 aromatic carbocycles. The number of phenols is 1. The zero-order valence-corrected chi connectivity index (χ0v) is 10.6. The third-order valence-corrected chi connectivity index (χ3v) is 2.55. The number of hydrogen-bond donors (Lipinski definition) is 3. The molecule has 0 aliphatic heterocycles. The van der Waals surface area contributed by atoms with E-state index in [1.807, 2.05) is 0 Å². The molecular formula is C13H17NO5. The molecule has 0 fully saturated rings. The molecule has 6 heteroatoms. The molecule has 19 heavy (non-hydrogen) atoms. The van der Waals surface area contributed by atoms with Crippen LogP contribution in [0.3, 0.4) is 0 Å². The van der Waals surface area contributed by atoms with E-state index in [1.54, 1.807) is 19.1 Å². The van der Waals surface area contributed by atoms with Crippen molar-refractivity contribution < 1.29 is 24.5 Å². The fourth-order valence-electron chi connectivity index (χ4n) is 1.38. The fourth-order valence-corrected chi connectivity index (χ4v) is 1.38. The molecule has 0 radical (unpaired) electrons. The molecule has 104 valence electrons. The van der Waals surface area contributed by atoms with Crippen molar-refractivity contribution in [3.63, 3.8) is 0 Å². The highest BCUT2D eigenvalue weighted by molar-refractivity contribution is 5.90. The second-order valence-corrected chi connectivity index (χ2v) is 4.14. The van der Waals surface area contributed by atoms with Gasteiger partial charge in [-0.3, -0.25) is 0 Å². The summed E-state index contributed by atoms with van der Waals surface area (Å²) in [5.41, 5.74) is 6.33. The molecule has 4 N–H and O–H groups in total. The number of carbonyl (C=O) groups is 2. The van der Waals surface area contributed by atoms with Crippen molar-refractivity contribution in [2.45, 2.75) is 31.9 Å². The lowest BCUT2D eigenvalue weighted by Gasteiger charge is -2.12. The highest BCUT2D eigenvalue weighted by Gasteiger charge is 2.23. The first-order chi connectivity index (χ1) is 8.93. The van der Waals surface area contributed by atoms with Gasteiger partial charge in [0.15, 0.2) is 6.10 Å². The molecule has 0 aromatic heterocycles. The van der Waals surface area contributed by atoms with Crippen LogP contribution < -0.4 is 5.73 Å². The number of aliphatic hydroxyl groups is 1. The Kier molecular flexibility index (Phi) is 5.47. The highest BCUT2D eigenvalue weighted by Crippen LogP contribution is 2.11. The number of esters is 2. The van der Waals surface area contributed by atoms with E-state index in [1.165, 1.54) is 12.1 Å². The summed E-state index contributed by atoms with van der Waals surface area (Å²) < 4.78 is 4.46. The van der Waals surface area contributed by atoms with E-state index < -0.39 is 24.1 Å².